The van der Waals surface area contributed by atoms with Gasteiger partial charge in [-0.15, -0.1) is 11.8 Å². The highest BCUT2D eigenvalue weighted by molar-refractivity contribution is 8.00. The van der Waals surface area contributed by atoms with Crippen LogP contribution in [0.4, 0.5) is 0 Å². The lowest BCUT2D eigenvalue weighted by atomic mass is 10.1. The van der Waals surface area contributed by atoms with E-state index in [1.54, 1.807) is 11.8 Å². The third-order valence-corrected chi connectivity index (χ3v) is 5.24. The van der Waals surface area contributed by atoms with Crippen LogP contribution in [0.5, 0.6) is 0 Å². The fourth-order valence-corrected chi connectivity index (χ4v) is 4.13. The maximum atomic E-state index is 12.9. The number of carbonyl (C=O) groups is 1. The molecule has 1 aliphatic rings. The minimum Gasteiger partial charge on any atom is -0.332 e. The van der Waals surface area contributed by atoms with E-state index in [4.69, 9.17) is 0 Å². The summed E-state index contributed by atoms with van der Waals surface area (Å²) in [5.41, 5.74) is 1.94. The lowest BCUT2D eigenvalue weighted by Gasteiger charge is -2.28. The lowest BCUT2D eigenvalue weighted by Crippen LogP contribution is -2.31. The summed E-state index contributed by atoms with van der Waals surface area (Å²) < 4.78 is 0.0932. The van der Waals surface area contributed by atoms with Crippen molar-refractivity contribution < 1.29 is 4.79 Å². The van der Waals surface area contributed by atoms with Crippen molar-refractivity contribution in [3.8, 4) is 0 Å². The number of rotatable bonds is 3. The van der Waals surface area contributed by atoms with Gasteiger partial charge in [0.25, 0.3) is 5.91 Å². The lowest BCUT2D eigenvalue weighted by molar-refractivity contribution is 0.0733. The van der Waals surface area contributed by atoms with E-state index in [1.165, 1.54) is 5.56 Å². The Bertz CT molecular complexity index is 709. The molecule has 24 heavy (non-hydrogen) atoms. The monoisotopic (exact) mass is 340 g/mol. The van der Waals surface area contributed by atoms with Crippen LogP contribution in [-0.2, 0) is 0 Å². The predicted octanol–water partition coefficient (Wildman–Crippen LogP) is 4.95. The zero-order chi connectivity index (χ0) is 17.2. The summed E-state index contributed by atoms with van der Waals surface area (Å²) in [4.78, 5) is 19.5. The van der Waals surface area contributed by atoms with Crippen molar-refractivity contribution in [2.24, 2.45) is 0 Å². The molecular weight excluding hydrogens is 316 g/mol. The van der Waals surface area contributed by atoms with Gasteiger partial charge < -0.3 is 4.90 Å². The van der Waals surface area contributed by atoms with Gasteiger partial charge in [-0.05, 0) is 31.0 Å². The Morgan fingerprint density at radius 2 is 1.92 bits per heavy atom. The molecule has 1 aromatic heterocycles. The predicted molar refractivity (Wildman–Crippen MR) is 99.3 cm³/mol. The highest BCUT2D eigenvalue weighted by Gasteiger charge is 2.33. The third kappa shape index (κ3) is 3.81. The molecule has 0 saturated carbocycles. The average Bonchev–Trinajstić information content (AvgIpc) is 3.03. The molecule has 4 heteroatoms. The normalized spacial score (nSPS) is 18.0. The standard InChI is InChI=1S/C20H24N2OS/c1-20(2,3)24-18-16(11-7-13-21-18)17-12-8-14-22(17)19(23)15-9-5-4-6-10-15/h4-7,9-11,13,17H,8,12,14H2,1-3H3. The van der Waals surface area contributed by atoms with Crippen molar-refractivity contribution in [1.29, 1.82) is 0 Å². The number of carbonyl (C=O) groups excluding carboxylic acids is 1. The van der Waals surface area contributed by atoms with Crippen LogP contribution >= 0.6 is 11.8 Å². The summed E-state index contributed by atoms with van der Waals surface area (Å²) in [5.74, 6) is 0.119. The number of benzene rings is 1. The second kappa shape index (κ2) is 6.98. The molecule has 1 unspecified atom stereocenters. The molecule has 1 fully saturated rings. The maximum absolute atomic E-state index is 12.9. The molecule has 126 valence electrons. The molecule has 0 radical (unpaired) electrons. The molecule has 0 N–H and O–H groups in total. The molecule has 1 aliphatic heterocycles. The number of pyridine rings is 1. The van der Waals surface area contributed by atoms with Gasteiger partial charge in [-0.1, -0.05) is 45.0 Å². The minimum absolute atomic E-state index is 0.0932. The summed E-state index contributed by atoms with van der Waals surface area (Å²) >= 11 is 1.77. The van der Waals surface area contributed by atoms with Crippen molar-refractivity contribution in [2.45, 2.75) is 49.4 Å². The molecule has 1 atom stereocenters. The van der Waals surface area contributed by atoms with Gasteiger partial charge in [-0.2, -0.15) is 0 Å². The van der Waals surface area contributed by atoms with Crippen molar-refractivity contribution >= 4 is 17.7 Å². The Morgan fingerprint density at radius 1 is 1.17 bits per heavy atom. The number of thioether (sulfide) groups is 1. The second-order valence-electron chi connectivity index (χ2n) is 7.13. The van der Waals surface area contributed by atoms with Crippen molar-refractivity contribution in [1.82, 2.24) is 9.88 Å². The smallest absolute Gasteiger partial charge is 0.254 e. The Kier molecular flexibility index (Phi) is 4.95. The van der Waals surface area contributed by atoms with Gasteiger partial charge >= 0.3 is 0 Å². The fourth-order valence-electron chi connectivity index (χ4n) is 3.11. The number of aromatic nitrogens is 1. The molecule has 1 amide bonds. The molecule has 3 rings (SSSR count). The topological polar surface area (TPSA) is 33.2 Å². The largest absolute Gasteiger partial charge is 0.332 e. The Balaban J connectivity index is 1.90. The summed E-state index contributed by atoms with van der Waals surface area (Å²) in [5, 5.41) is 1.04. The maximum Gasteiger partial charge on any atom is 0.254 e. The molecule has 2 heterocycles. The van der Waals surface area contributed by atoms with E-state index < -0.39 is 0 Å². The minimum atomic E-state index is 0.0932. The summed E-state index contributed by atoms with van der Waals surface area (Å²) in [6, 6.07) is 13.8. The Morgan fingerprint density at radius 3 is 2.62 bits per heavy atom. The highest BCUT2D eigenvalue weighted by Crippen LogP contribution is 2.40. The van der Waals surface area contributed by atoms with Crippen LogP contribution < -0.4 is 0 Å². The third-order valence-electron chi connectivity index (χ3n) is 4.10. The van der Waals surface area contributed by atoms with Crippen LogP contribution in [0.3, 0.4) is 0 Å². The van der Waals surface area contributed by atoms with Gasteiger partial charge in [0.2, 0.25) is 0 Å². The van der Waals surface area contributed by atoms with E-state index in [2.05, 4.69) is 31.8 Å². The molecule has 0 bridgehead atoms. The molecular formula is C20H24N2OS. The van der Waals surface area contributed by atoms with Crippen LogP contribution in [0.25, 0.3) is 0 Å². The van der Waals surface area contributed by atoms with Crippen molar-refractivity contribution in [3.05, 3.63) is 59.8 Å². The number of likely N-dealkylation sites (tertiary alicyclic amines) is 1. The van der Waals surface area contributed by atoms with Gasteiger partial charge in [0.1, 0.15) is 5.03 Å². The van der Waals surface area contributed by atoms with Crippen LogP contribution in [0.15, 0.2) is 53.7 Å². The van der Waals surface area contributed by atoms with E-state index in [1.807, 2.05) is 47.5 Å². The second-order valence-corrected chi connectivity index (χ2v) is 8.95. The first-order chi connectivity index (χ1) is 11.5. The number of amides is 1. The van der Waals surface area contributed by atoms with Crippen molar-refractivity contribution in [2.75, 3.05) is 6.54 Å². The van der Waals surface area contributed by atoms with Gasteiger partial charge in [0.05, 0.1) is 6.04 Å². The first-order valence-corrected chi connectivity index (χ1v) is 9.27. The zero-order valence-electron chi connectivity index (χ0n) is 14.5. The van der Waals surface area contributed by atoms with Crippen LogP contribution in [0, 0.1) is 0 Å². The van der Waals surface area contributed by atoms with Crippen LogP contribution in [0.2, 0.25) is 0 Å². The molecule has 2 aromatic rings. The Labute approximate surface area is 148 Å². The summed E-state index contributed by atoms with van der Waals surface area (Å²) in [6.45, 7) is 7.39. The SMILES string of the molecule is CC(C)(C)Sc1ncccc1C1CCCN1C(=O)c1ccccc1. The van der Waals surface area contributed by atoms with E-state index in [0.29, 0.717) is 0 Å². The van der Waals surface area contributed by atoms with Crippen molar-refractivity contribution in [3.63, 3.8) is 0 Å². The summed E-state index contributed by atoms with van der Waals surface area (Å²) in [6.07, 6.45) is 3.88. The number of hydrogen-bond donors (Lipinski definition) is 0. The quantitative estimate of drug-likeness (QED) is 0.741. The first-order valence-electron chi connectivity index (χ1n) is 8.46. The highest BCUT2D eigenvalue weighted by atomic mass is 32.2. The van der Waals surface area contributed by atoms with Crippen LogP contribution in [0.1, 0.15) is 55.6 Å². The first kappa shape index (κ1) is 17.0. The zero-order valence-corrected chi connectivity index (χ0v) is 15.3. The van der Waals surface area contributed by atoms with E-state index in [0.717, 1.165) is 30.0 Å². The molecule has 1 aromatic carbocycles. The molecule has 0 aliphatic carbocycles. The van der Waals surface area contributed by atoms with E-state index >= 15 is 0 Å². The average molecular weight is 340 g/mol. The van der Waals surface area contributed by atoms with Gasteiger partial charge in [0, 0.05) is 28.6 Å². The van der Waals surface area contributed by atoms with E-state index in [-0.39, 0.29) is 16.7 Å². The number of nitrogens with zero attached hydrogens (tertiary/aromatic N) is 2. The van der Waals surface area contributed by atoms with Gasteiger partial charge in [-0.25, -0.2) is 4.98 Å². The van der Waals surface area contributed by atoms with Gasteiger partial charge in [0.15, 0.2) is 0 Å². The summed E-state index contributed by atoms with van der Waals surface area (Å²) in [7, 11) is 0. The number of hydrogen-bond acceptors (Lipinski definition) is 3. The Hall–Kier alpha value is -1.81. The molecule has 1 saturated heterocycles. The fraction of sp³-hybridized carbons (Fsp3) is 0.400. The van der Waals surface area contributed by atoms with Gasteiger partial charge in [-0.3, -0.25) is 4.79 Å². The molecule has 0 spiro atoms. The van der Waals surface area contributed by atoms with E-state index in [9.17, 15) is 4.79 Å². The van der Waals surface area contributed by atoms with Crippen LogP contribution in [-0.4, -0.2) is 27.1 Å². The molecule has 3 nitrogen and oxygen atoms in total.